The molecule has 0 spiro atoms. The molecule has 1 unspecified atom stereocenters. The van der Waals surface area contributed by atoms with Crippen LogP contribution >= 0.6 is 0 Å². The van der Waals surface area contributed by atoms with Gasteiger partial charge in [-0.15, -0.1) is 0 Å². The zero-order valence-electron chi connectivity index (χ0n) is 14.9. The van der Waals surface area contributed by atoms with Gasteiger partial charge >= 0.3 is 11.7 Å². The van der Waals surface area contributed by atoms with Gasteiger partial charge in [-0.25, -0.2) is 14.5 Å². The summed E-state index contributed by atoms with van der Waals surface area (Å²) < 4.78 is 13.9. The summed E-state index contributed by atoms with van der Waals surface area (Å²) in [6.07, 6.45) is 3.92. The standard InChI is InChI=1S/C20H20FN3O3/c1-14-12-17(9-10-19(25)22-18-4-2-3-11-24(18)27)23(20(14)26)13-15-5-7-16(21)8-6-15/h2-8,11-12,17,27H,9-10,13H2,1H3/p+1. The molecule has 140 valence electrons. The maximum atomic E-state index is 13.1. The fourth-order valence-corrected chi connectivity index (χ4v) is 3.06. The lowest BCUT2D eigenvalue weighted by Crippen LogP contribution is -2.36. The Bertz CT molecular complexity index is 880. The zero-order chi connectivity index (χ0) is 19.4. The second kappa shape index (κ2) is 7.99. The fraction of sp³-hybridized carbons (Fsp3) is 0.250. The molecule has 27 heavy (non-hydrogen) atoms. The Hall–Kier alpha value is -3.22. The average molecular weight is 370 g/mol. The van der Waals surface area contributed by atoms with Crippen molar-refractivity contribution >= 4 is 17.6 Å². The molecule has 0 bridgehead atoms. The number of carbonyl (C=O) groups excluding carboxylic acids is 2. The number of nitrogens with zero attached hydrogens (tertiary/aromatic N) is 2. The Morgan fingerprint density at radius 2 is 2.00 bits per heavy atom. The van der Waals surface area contributed by atoms with Crippen LogP contribution < -0.4 is 10.0 Å². The van der Waals surface area contributed by atoms with Gasteiger partial charge in [-0.1, -0.05) is 29.0 Å². The molecule has 1 aliphatic rings. The van der Waals surface area contributed by atoms with E-state index in [4.69, 9.17) is 0 Å². The molecule has 0 saturated heterocycles. The zero-order valence-corrected chi connectivity index (χ0v) is 14.9. The number of pyridine rings is 1. The quantitative estimate of drug-likeness (QED) is 0.606. The third kappa shape index (κ3) is 4.49. The van der Waals surface area contributed by atoms with Crippen LogP contribution in [0.3, 0.4) is 0 Å². The molecule has 3 rings (SSSR count). The Morgan fingerprint density at radius 3 is 2.70 bits per heavy atom. The molecule has 2 amide bonds. The first-order valence-corrected chi connectivity index (χ1v) is 8.67. The first-order valence-electron chi connectivity index (χ1n) is 8.67. The highest BCUT2D eigenvalue weighted by Crippen LogP contribution is 2.24. The number of halogens is 1. The van der Waals surface area contributed by atoms with Gasteiger partial charge < -0.3 is 10.1 Å². The van der Waals surface area contributed by atoms with Crippen LogP contribution in [-0.4, -0.2) is 28.0 Å². The summed E-state index contributed by atoms with van der Waals surface area (Å²) in [6.45, 7) is 2.10. The second-order valence-corrected chi connectivity index (χ2v) is 6.49. The van der Waals surface area contributed by atoms with Crippen molar-refractivity contribution in [2.24, 2.45) is 0 Å². The fourth-order valence-electron chi connectivity index (χ4n) is 3.06. The van der Waals surface area contributed by atoms with Gasteiger partial charge in [0.25, 0.3) is 0 Å². The van der Waals surface area contributed by atoms with E-state index < -0.39 is 0 Å². The Morgan fingerprint density at radius 1 is 1.26 bits per heavy atom. The average Bonchev–Trinajstić information content (AvgIpc) is 2.91. The van der Waals surface area contributed by atoms with Crippen LogP contribution in [0.15, 0.2) is 60.3 Å². The molecule has 0 saturated carbocycles. The summed E-state index contributed by atoms with van der Waals surface area (Å²) in [5, 5.41) is 12.3. The van der Waals surface area contributed by atoms with Crippen LogP contribution in [0.2, 0.25) is 0 Å². The van der Waals surface area contributed by atoms with E-state index in [0.29, 0.717) is 18.5 Å². The first kappa shape index (κ1) is 18.6. The van der Waals surface area contributed by atoms with Gasteiger partial charge in [0.2, 0.25) is 5.91 Å². The van der Waals surface area contributed by atoms with Gasteiger partial charge in [0.1, 0.15) is 12.0 Å². The molecular formula is C20H21FN3O3+. The monoisotopic (exact) mass is 370 g/mol. The van der Waals surface area contributed by atoms with Crippen LogP contribution in [0.1, 0.15) is 25.3 Å². The second-order valence-electron chi connectivity index (χ2n) is 6.49. The molecular weight excluding hydrogens is 349 g/mol. The topological polar surface area (TPSA) is 73.5 Å². The van der Waals surface area contributed by atoms with Gasteiger partial charge in [-0.2, -0.15) is 0 Å². The largest absolute Gasteiger partial charge is 0.350 e. The lowest BCUT2D eigenvalue weighted by atomic mass is 10.1. The maximum absolute atomic E-state index is 13.1. The summed E-state index contributed by atoms with van der Waals surface area (Å²) in [5.41, 5.74) is 1.46. The van der Waals surface area contributed by atoms with Gasteiger partial charge in [-0.3, -0.25) is 4.79 Å². The number of carbonyl (C=O) groups is 2. The maximum Gasteiger partial charge on any atom is 0.321 e. The molecule has 6 nitrogen and oxygen atoms in total. The third-order valence-corrected chi connectivity index (χ3v) is 4.48. The molecule has 1 aliphatic heterocycles. The molecule has 2 heterocycles. The van der Waals surface area contributed by atoms with Crippen LogP contribution in [-0.2, 0) is 16.1 Å². The predicted octanol–water partition coefficient (Wildman–Crippen LogP) is 2.43. The molecule has 0 fully saturated rings. The third-order valence-electron chi connectivity index (χ3n) is 4.48. The predicted molar refractivity (Wildman–Crippen MR) is 96.2 cm³/mol. The lowest BCUT2D eigenvalue weighted by Gasteiger charge is -2.24. The summed E-state index contributed by atoms with van der Waals surface area (Å²) in [7, 11) is 0. The van der Waals surface area contributed by atoms with Crippen molar-refractivity contribution in [3.8, 4) is 0 Å². The number of aromatic nitrogens is 1. The lowest BCUT2D eigenvalue weighted by molar-refractivity contribution is -0.893. The molecule has 1 aromatic carbocycles. The summed E-state index contributed by atoms with van der Waals surface area (Å²) in [5.74, 6) is -0.381. The molecule has 7 heteroatoms. The molecule has 2 N–H and O–H groups in total. The van der Waals surface area contributed by atoms with E-state index in [1.807, 2.05) is 6.08 Å². The number of benzene rings is 1. The number of hydrogen-bond donors (Lipinski definition) is 2. The van der Waals surface area contributed by atoms with E-state index in [9.17, 15) is 19.2 Å². The van der Waals surface area contributed by atoms with Crippen molar-refractivity contribution < 1.29 is 23.9 Å². The molecule has 0 radical (unpaired) electrons. The summed E-state index contributed by atoms with van der Waals surface area (Å²) in [4.78, 5) is 26.3. The van der Waals surface area contributed by atoms with E-state index in [1.165, 1.54) is 18.3 Å². The Balaban J connectivity index is 1.61. The van der Waals surface area contributed by atoms with E-state index in [0.717, 1.165) is 10.3 Å². The van der Waals surface area contributed by atoms with Crippen molar-refractivity contribution in [1.29, 1.82) is 0 Å². The molecule has 2 aromatic rings. The smallest absolute Gasteiger partial charge is 0.321 e. The normalized spacial score (nSPS) is 16.4. The van der Waals surface area contributed by atoms with E-state index in [1.54, 1.807) is 42.2 Å². The van der Waals surface area contributed by atoms with Gasteiger partial charge in [0, 0.05) is 18.2 Å². The summed E-state index contributed by atoms with van der Waals surface area (Å²) >= 11 is 0. The van der Waals surface area contributed by atoms with Crippen LogP contribution in [0.5, 0.6) is 0 Å². The van der Waals surface area contributed by atoms with Crippen LogP contribution in [0.4, 0.5) is 10.2 Å². The van der Waals surface area contributed by atoms with Gasteiger partial charge in [0.15, 0.2) is 0 Å². The number of amides is 2. The summed E-state index contributed by atoms with van der Waals surface area (Å²) in [6, 6.07) is 10.7. The van der Waals surface area contributed by atoms with Crippen LogP contribution in [0, 0.1) is 5.82 Å². The number of anilines is 1. The Labute approximate surface area is 156 Å². The minimum absolute atomic E-state index is 0.0824. The highest BCUT2D eigenvalue weighted by atomic mass is 19.1. The number of hydrogen-bond acceptors (Lipinski definition) is 3. The number of nitrogens with one attached hydrogen (secondary N) is 1. The van der Waals surface area contributed by atoms with Crippen molar-refractivity contribution in [2.45, 2.75) is 32.4 Å². The van der Waals surface area contributed by atoms with E-state index in [-0.39, 0.29) is 35.9 Å². The van der Waals surface area contributed by atoms with E-state index in [2.05, 4.69) is 5.32 Å². The van der Waals surface area contributed by atoms with Crippen molar-refractivity contribution in [3.63, 3.8) is 0 Å². The van der Waals surface area contributed by atoms with Crippen LogP contribution in [0.25, 0.3) is 0 Å². The van der Waals surface area contributed by atoms with Gasteiger partial charge in [-0.05, 0) is 37.1 Å². The highest BCUT2D eigenvalue weighted by molar-refractivity contribution is 5.96. The first-order chi connectivity index (χ1) is 12.9. The highest BCUT2D eigenvalue weighted by Gasteiger charge is 2.30. The van der Waals surface area contributed by atoms with Crippen molar-refractivity contribution in [1.82, 2.24) is 4.90 Å². The Kier molecular flexibility index (Phi) is 5.49. The van der Waals surface area contributed by atoms with E-state index >= 15 is 0 Å². The van der Waals surface area contributed by atoms with Gasteiger partial charge in [0.05, 0.1) is 12.5 Å². The molecule has 0 aliphatic carbocycles. The minimum atomic E-state index is -0.323. The number of rotatable bonds is 6. The SMILES string of the molecule is CC1=CC(CCC(=O)Nc2cccc[n+]2O)N(Cc2ccc(F)cc2)C1=O. The molecule has 1 atom stereocenters. The molecule has 1 aromatic heterocycles. The van der Waals surface area contributed by atoms with Crippen molar-refractivity contribution in [2.75, 3.05) is 5.32 Å². The van der Waals surface area contributed by atoms with Crippen molar-refractivity contribution in [3.05, 3.63) is 71.7 Å². The minimum Gasteiger partial charge on any atom is -0.350 e.